The largest absolute Gasteiger partial charge is 0.489 e. The highest BCUT2D eigenvalue weighted by atomic mass is 16.5. The van der Waals surface area contributed by atoms with E-state index in [0.717, 1.165) is 65.7 Å². The molecule has 0 aliphatic carbocycles. The summed E-state index contributed by atoms with van der Waals surface area (Å²) in [6, 6.07) is 9.53. The number of carbonyl (C=O) groups is 1. The summed E-state index contributed by atoms with van der Waals surface area (Å²) in [4.78, 5) is 23.3. The molecular formula is C26H29N7O3. The van der Waals surface area contributed by atoms with Crippen LogP contribution in [0.15, 0.2) is 42.7 Å². The average Bonchev–Trinajstić information content (AvgIpc) is 3.21. The summed E-state index contributed by atoms with van der Waals surface area (Å²) in [7, 11) is 1.59. The van der Waals surface area contributed by atoms with E-state index in [4.69, 9.17) is 15.2 Å². The van der Waals surface area contributed by atoms with E-state index in [-0.39, 0.29) is 11.8 Å². The number of ether oxygens (including phenoxy) is 2. The molecule has 0 saturated carbocycles. The molecule has 1 aliphatic rings. The Bertz CT molecular complexity index is 1390. The van der Waals surface area contributed by atoms with Gasteiger partial charge in [-0.2, -0.15) is 0 Å². The van der Waals surface area contributed by atoms with Crippen molar-refractivity contribution in [2.45, 2.75) is 39.2 Å². The van der Waals surface area contributed by atoms with Gasteiger partial charge >= 0.3 is 0 Å². The quantitative estimate of drug-likeness (QED) is 0.422. The van der Waals surface area contributed by atoms with Gasteiger partial charge in [0.1, 0.15) is 17.5 Å². The lowest BCUT2D eigenvalue weighted by Crippen LogP contribution is -2.39. The van der Waals surface area contributed by atoms with Crippen molar-refractivity contribution in [3.63, 3.8) is 0 Å². The maximum Gasteiger partial charge on any atom is 0.269 e. The highest BCUT2D eigenvalue weighted by Gasteiger charge is 2.26. The Morgan fingerprint density at radius 3 is 2.64 bits per heavy atom. The first kappa shape index (κ1) is 23.5. The molecule has 1 aliphatic heterocycles. The molecule has 1 amide bonds. The van der Waals surface area contributed by atoms with Gasteiger partial charge in [-0.05, 0) is 43.2 Å². The first-order valence-electron chi connectivity index (χ1n) is 11.9. The van der Waals surface area contributed by atoms with E-state index in [2.05, 4.69) is 25.1 Å². The number of imidazole rings is 1. The molecule has 0 radical (unpaired) electrons. The fourth-order valence-electron chi connectivity index (χ4n) is 4.74. The number of hydrogen-bond donors (Lipinski definition) is 1. The van der Waals surface area contributed by atoms with Gasteiger partial charge in [0.25, 0.3) is 5.91 Å². The molecule has 186 valence electrons. The van der Waals surface area contributed by atoms with Gasteiger partial charge in [-0.3, -0.25) is 4.79 Å². The number of nitrogens with two attached hydrogens (primary N) is 1. The molecule has 10 nitrogen and oxygen atoms in total. The number of anilines is 1. The monoisotopic (exact) mass is 487 g/mol. The second-order valence-corrected chi connectivity index (χ2v) is 8.93. The Labute approximate surface area is 209 Å². The van der Waals surface area contributed by atoms with Gasteiger partial charge in [0, 0.05) is 50.3 Å². The van der Waals surface area contributed by atoms with Gasteiger partial charge in [0.15, 0.2) is 11.5 Å². The average molecular weight is 488 g/mol. The van der Waals surface area contributed by atoms with Crippen LogP contribution in [0, 0.1) is 13.8 Å². The van der Waals surface area contributed by atoms with Crippen molar-refractivity contribution >= 4 is 17.4 Å². The van der Waals surface area contributed by atoms with Crippen LogP contribution in [0.2, 0.25) is 0 Å². The number of amides is 1. The molecule has 4 aromatic rings. The van der Waals surface area contributed by atoms with Gasteiger partial charge in [-0.15, -0.1) is 10.2 Å². The van der Waals surface area contributed by atoms with E-state index in [1.807, 2.05) is 48.7 Å². The molecule has 10 heteroatoms. The maximum atomic E-state index is 12.2. The molecule has 0 bridgehead atoms. The van der Waals surface area contributed by atoms with Crippen LogP contribution in [-0.4, -0.2) is 56.8 Å². The van der Waals surface area contributed by atoms with Crippen LogP contribution in [0.1, 0.15) is 45.8 Å². The number of rotatable bonds is 7. The third kappa shape index (κ3) is 4.53. The van der Waals surface area contributed by atoms with E-state index in [1.54, 1.807) is 19.4 Å². The van der Waals surface area contributed by atoms with Crippen LogP contribution < -0.4 is 20.1 Å². The van der Waals surface area contributed by atoms with Crippen molar-refractivity contribution in [2.24, 2.45) is 5.73 Å². The summed E-state index contributed by atoms with van der Waals surface area (Å²) in [6.07, 6.45) is 5.86. The normalized spacial score (nSPS) is 14.2. The lowest BCUT2D eigenvalue weighted by atomic mass is 10.00. The molecule has 0 aromatic carbocycles. The summed E-state index contributed by atoms with van der Waals surface area (Å²) in [5.74, 6) is 1.46. The highest BCUT2D eigenvalue weighted by molar-refractivity contribution is 5.93. The molecule has 2 N–H and O–H groups in total. The third-order valence-electron chi connectivity index (χ3n) is 6.69. The number of aryl methyl sites for hydroxylation is 1. The molecule has 0 spiro atoms. The van der Waals surface area contributed by atoms with Crippen LogP contribution >= 0.6 is 0 Å². The number of methoxy groups -OCH3 is 1. The SMILES string of the molecule is COc1ccc(OC2CCN(c3nnc(C(N)=O)c(Cc4c(C)nc5ccccn45)c3C)CC2)cn1. The summed E-state index contributed by atoms with van der Waals surface area (Å²) in [6.45, 7) is 5.47. The molecule has 5 heterocycles. The minimum absolute atomic E-state index is 0.0786. The van der Waals surface area contributed by atoms with E-state index in [1.165, 1.54) is 0 Å². The Morgan fingerprint density at radius 1 is 1.14 bits per heavy atom. The Kier molecular flexibility index (Phi) is 6.41. The first-order valence-corrected chi connectivity index (χ1v) is 11.9. The molecule has 1 saturated heterocycles. The topological polar surface area (TPSA) is 121 Å². The van der Waals surface area contributed by atoms with Crippen LogP contribution in [-0.2, 0) is 6.42 Å². The zero-order chi connectivity index (χ0) is 25.2. The van der Waals surface area contributed by atoms with E-state index < -0.39 is 5.91 Å². The zero-order valence-corrected chi connectivity index (χ0v) is 20.6. The number of nitrogens with zero attached hydrogens (tertiary/aromatic N) is 6. The maximum absolute atomic E-state index is 12.2. The van der Waals surface area contributed by atoms with Crippen molar-refractivity contribution in [3.05, 3.63) is 70.9 Å². The summed E-state index contributed by atoms with van der Waals surface area (Å²) in [5.41, 5.74) is 10.3. The first-order chi connectivity index (χ1) is 17.4. The highest BCUT2D eigenvalue weighted by Crippen LogP contribution is 2.29. The second-order valence-electron chi connectivity index (χ2n) is 8.93. The number of hydrogen-bond acceptors (Lipinski definition) is 8. The Hall–Kier alpha value is -4.21. The predicted molar refractivity (Wildman–Crippen MR) is 135 cm³/mol. The summed E-state index contributed by atoms with van der Waals surface area (Å²) >= 11 is 0. The van der Waals surface area contributed by atoms with Crippen LogP contribution in [0.3, 0.4) is 0 Å². The predicted octanol–water partition coefficient (Wildman–Crippen LogP) is 2.88. The summed E-state index contributed by atoms with van der Waals surface area (Å²) < 4.78 is 13.3. The number of fused-ring (bicyclic) bond motifs is 1. The molecule has 0 unspecified atom stereocenters. The molecule has 5 rings (SSSR count). The lowest BCUT2D eigenvalue weighted by Gasteiger charge is -2.33. The van der Waals surface area contributed by atoms with Gasteiger partial charge in [-0.1, -0.05) is 6.07 Å². The zero-order valence-electron chi connectivity index (χ0n) is 20.6. The van der Waals surface area contributed by atoms with Crippen molar-refractivity contribution in [1.82, 2.24) is 24.6 Å². The molecule has 4 aromatic heterocycles. The van der Waals surface area contributed by atoms with Gasteiger partial charge in [-0.25, -0.2) is 9.97 Å². The van der Waals surface area contributed by atoms with Crippen molar-refractivity contribution in [3.8, 4) is 11.6 Å². The number of carbonyl (C=O) groups excluding carboxylic acids is 1. The van der Waals surface area contributed by atoms with Gasteiger partial charge in [0.2, 0.25) is 5.88 Å². The minimum atomic E-state index is -0.584. The number of piperidine rings is 1. The standard InChI is InChI=1S/C26H29N7O3/c1-16-20(14-21-17(2)29-22-6-4-5-11-33(21)22)24(25(27)34)30-31-26(16)32-12-9-18(10-13-32)36-19-7-8-23(35-3)28-15-19/h4-8,11,15,18H,9-10,12-14H2,1-3H3,(H2,27,34). The third-order valence-corrected chi connectivity index (χ3v) is 6.69. The second kappa shape index (κ2) is 9.80. The van der Waals surface area contributed by atoms with Crippen LogP contribution in [0.5, 0.6) is 11.6 Å². The van der Waals surface area contributed by atoms with Crippen molar-refractivity contribution < 1.29 is 14.3 Å². The number of primary amides is 1. The Balaban J connectivity index is 1.36. The van der Waals surface area contributed by atoms with Crippen LogP contribution in [0.25, 0.3) is 5.65 Å². The van der Waals surface area contributed by atoms with Crippen molar-refractivity contribution in [2.75, 3.05) is 25.1 Å². The van der Waals surface area contributed by atoms with Gasteiger partial charge < -0.3 is 24.5 Å². The van der Waals surface area contributed by atoms with Gasteiger partial charge in [0.05, 0.1) is 19.0 Å². The fraction of sp³-hybridized carbons (Fsp3) is 0.346. The number of aromatic nitrogens is 5. The molecule has 36 heavy (non-hydrogen) atoms. The summed E-state index contributed by atoms with van der Waals surface area (Å²) in [5, 5.41) is 8.67. The lowest BCUT2D eigenvalue weighted by molar-refractivity contribution is 0.0993. The van der Waals surface area contributed by atoms with E-state index in [9.17, 15) is 4.79 Å². The van der Waals surface area contributed by atoms with Crippen LogP contribution in [0.4, 0.5) is 5.82 Å². The number of pyridine rings is 2. The van der Waals surface area contributed by atoms with Crippen molar-refractivity contribution in [1.29, 1.82) is 0 Å². The smallest absolute Gasteiger partial charge is 0.269 e. The molecular weight excluding hydrogens is 458 g/mol. The van der Waals surface area contributed by atoms with E-state index in [0.29, 0.717) is 12.3 Å². The molecule has 0 atom stereocenters. The molecule has 1 fully saturated rings. The fourth-order valence-corrected chi connectivity index (χ4v) is 4.74. The van der Waals surface area contributed by atoms with E-state index >= 15 is 0 Å². The Morgan fingerprint density at radius 2 is 1.94 bits per heavy atom. The minimum Gasteiger partial charge on any atom is -0.489 e.